The smallest absolute Gasteiger partial charge is 0.303 e. The number of hydrogen-bond donors (Lipinski definition) is 0. The second kappa shape index (κ2) is 12.7. The molecule has 43 heavy (non-hydrogen) atoms. The third kappa shape index (κ3) is 7.29. The van der Waals surface area contributed by atoms with Gasteiger partial charge in [-0.1, -0.05) is 102 Å². The highest BCUT2D eigenvalue weighted by atomic mass is 28.4. The summed E-state index contributed by atoms with van der Waals surface area (Å²) in [6.45, 7) is 24.4. The van der Waals surface area contributed by atoms with E-state index in [0.717, 1.165) is 6.04 Å². The summed E-state index contributed by atoms with van der Waals surface area (Å²) in [5.41, 5.74) is 0. The number of rotatable bonds is 7. The molecule has 238 valence electrons. The van der Waals surface area contributed by atoms with Crippen molar-refractivity contribution in [1.29, 1.82) is 0 Å². The van der Waals surface area contributed by atoms with Gasteiger partial charge < -0.3 is 22.8 Å². The second-order valence-electron chi connectivity index (χ2n) is 15.4. The molecule has 2 aromatic rings. The molecular weight excluding hydrogens is 589 g/mol. The van der Waals surface area contributed by atoms with E-state index in [2.05, 4.69) is 128 Å². The SMILES string of the molecule is CC(=O)O[C@@H]1[C@@H](O[Si](C)(C)C(C)(C)C)[C@H](O[Si](C)(C)C(C)(C)C)[C@H]2CO[Si](c3ccccc3)(c3ccccc3)CC[C@@H]1O2. The topological polar surface area (TPSA) is 63.2 Å². The van der Waals surface area contributed by atoms with E-state index in [1.165, 1.54) is 17.3 Å². The molecule has 0 spiro atoms. The van der Waals surface area contributed by atoms with Crippen molar-refractivity contribution in [2.75, 3.05) is 6.61 Å². The summed E-state index contributed by atoms with van der Waals surface area (Å²) < 4.78 is 34.7. The van der Waals surface area contributed by atoms with Gasteiger partial charge in [-0.25, -0.2) is 0 Å². The zero-order chi connectivity index (χ0) is 31.8. The highest BCUT2D eigenvalue weighted by molar-refractivity contribution is 6.97. The Morgan fingerprint density at radius 3 is 1.65 bits per heavy atom. The van der Waals surface area contributed by atoms with Crippen LogP contribution in [-0.4, -0.2) is 68.0 Å². The van der Waals surface area contributed by atoms with E-state index in [9.17, 15) is 4.79 Å². The molecule has 2 aliphatic rings. The second-order valence-corrected chi connectivity index (χ2v) is 28.5. The van der Waals surface area contributed by atoms with Crippen molar-refractivity contribution in [3.8, 4) is 0 Å². The van der Waals surface area contributed by atoms with Crippen molar-refractivity contribution in [2.45, 2.75) is 128 Å². The predicted molar refractivity (Wildman–Crippen MR) is 182 cm³/mol. The number of hydrogen-bond acceptors (Lipinski definition) is 6. The third-order valence-electron chi connectivity index (χ3n) is 10.3. The summed E-state index contributed by atoms with van der Waals surface area (Å²) >= 11 is 0. The average Bonchev–Trinajstić information content (AvgIpc) is 2.90. The first-order valence-corrected chi connectivity index (χ1v) is 23.7. The Hall–Kier alpha value is -1.60. The van der Waals surface area contributed by atoms with Crippen molar-refractivity contribution in [3.63, 3.8) is 0 Å². The number of ether oxygens (including phenoxy) is 2. The van der Waals surface area contributed by atoms with Crippen molar-refractivity contribution in [2.24, 2.45) is 0 Å². The number of carbonyl (C=O) groups excluding carboxylic acids is 1. The third-order valence-corrected chi connectivity index (χ3v) is 23.4. The Labute approximate surface area is 263 Å². The molecule has 0 N–H and O–H groups in total. The van der Waals surface area contributed by atoms with E-state index in [0.29, 0.717) is 13.0 Å². The molecule has 5 atom stereocenters. The van der Waals surface area contributed by atoms with E-state index in [1.54, 1.807) is 0 Å². The first-order chi connectivity index (χ1) is 19.9. The summed E-state index contributed by atoms with van der Waals surface area (Å²) in [6.07, 6.45) is -1.46. The minimum Gasteiger partial charge on any atom is -0.457 e. The molecule has 4 rings (SSSR count). The van der Waals surface area contributed by atoms with Crippen LogP contribution in [0.1, 0.15) is 54.9 Å². The summed E-state index contributed by atoms with van der Waals surface area (Å²) in [6, 6.07) is 22.1. The lowest BCUT2D eigenvalue weighted by Gasteiger charge is -2.54. The molecule has 0 radical (unpaired) electrons. The van der Waals surface area contributed by atoms with Gasteiger partial charge in [0, 0.05) is 6.92 Å². The Balaban J connectivity index is 1.85. The normalized spacial score (nSPS) is 26.7. The van der Waals surface area contributed by atoms with E-state index in [-0.39, 0.29) is 28.3 Å². The number of esters is 1. The van der Waals surface area contributed by atoms with Gasteiger partial charge in [-0.2, -0.15) is 0 Å². The molecule has 2 fully saturated rings. The van der Waals surface area contributed by atoms with Crippen molar-refractivity contribution < 1.29 is 27.5 Å². The van der Waals surface area contributed by atoms with Gasteiger partial charge >= 0.3 is 5.97 Å². The molecule has 0 aromatic heterocycles. The van der Waals surface area contributed by atoms with Gasteiger partial charge in [0.2, 0.25) is 0 Å². The van der Waals surface area contributed by atoms with Crippen LogP contribution in [0.25, 0.3) is 0 Å². The van der Waals surface area contributed by atoms with Crippen LogP contribution in [0.2, 0.25) is 42.3 Å². The molecule has 2 bridgehead atoms. The Bertz CT molecular complexity index is 1180. The number of benzene rings is 2. The zero-order valence-corrected chi connectivity index (χ0v) is 31.2. The first kappa shape index (κ1) is 34.3. The molecule has 6 nitrogen and oxygen atoms in total. The zero-order valence-electron chi connectivity index (χ0n) is 28.2. The van der Waals surface area contributed by atoms with E-state index >= 15 is 0 Å². The molecule has 2 aliphatic heterocycles. The lowest BCUT2D eigenvalue weighted by atomic mass is 9.93. The largest absolute Gasteiger partial charge is 0.457 e. The van der Waals surface area contributed by atoms with Crippen molar-refractivity contribution in [3.05, 3.63) is 60.7 Å². The summed E-state index contributed by atoms with van der Waals surface area (Å²) in [4.78, 5) is 12.7. The maximum atomic E-state index is 12.7. The van der Waals surface area contributed by atoms with Crippen LogP contribution < -0.4 is 10.4 Å². The maximum Gasteiger partial charge on any atom is 0.303 e. The van der Waals surface area contributed by atoms with Gasteiger partial charge in [-0.05, 0) is 59.1 Å². The molecule has 2 aromatic carbocycles. The Morgan fingerprint density at radius 2 is 1.21 bits per heavy atom. The Kier molecular flexibility index (Phi) is 10.1. The summed E-state index contributed by atoms with van der Waals surface area (Å²) in [7, 11) is -7.28. The minimum atomic E-state index is -2.67. The van der Waals surface area contributed by atoms with E-state index in [1.807, 2.05) is 0 Å². The van der Waals surface area contributed by atoms with Gasteiger partial charge in [0.25, 0.3) is 8.32 Å². The van der Waals surface area contributed by atoms with Gasteiger partial charge in [0.05, 0.1) is 12.7 Å². The van der Waals surface area contributed by atoms with Crippen LogP contribution in [0.5, 0.6) is 0 Å². The highest BCUT2D eigenvalue weighted by Gasteiger charge is 2.57. The van der Waals surface area contributed by atoms with Crippen LogP contribution in [0.4, 0.5) is 0 Å². The average molecular weight is 643 g/mol. The van der Waals surface area contributed by atoms with Gasteiger partial charge in [-0.15, -0.1) is 0 Å². The van der Waals surface area contributed by atoms with E-state index in [4.69, 9.17) is 22.8 Å². The standard InChI is InChI=1S/C34H54O6Si3/c1-25(35)37-30-28-22-23-43(26-18-14-12-15-19-26,27-20-16-13-17-21-27)36-24-29(38-28)31(39-41(8,9)33(2,3)4)32(30)40-42(10,11)34(5,6)7/h12-21,28-32H,22-24H2,1-11H3/t28-,29+,30-,31+,32+/m0/s1. The monoisotopic (exact) mass is 642 g/mol. The van der Waals surface area contributed by atoms with Crippen LogP contribution >= 0.6 is 0 Å². The fourth-order valence-corrected chi connectivity index (χ4v) is 12.3. The molecule has 0 saturated carbocycles. The van der Waals surface area contributed by atoms with Crippen molar-refractivity contribution >= 4 is 41.3 Å². The van der Waals surface area contributed by atoms with E-state index < -0.39 is 43.3 Å². The number of fused-ring (bicyclic) bond motifs is 2. The quantitative estimate of drug-likeness (QED) is 0.249. The van der Waals surface area contributed by atoms with Crippen molar-refractivity contribution in [1.82, 2.24) is 0 Å². The lowest BCUT2D eigenvalue weighted by Crippen LogP contribution is -2.70. The summed E-state index contributed by atoms with van der Waals surface area (Å²) in [5.74, 6) is -0.324. The molecule has 0 unspecified atom stereocenters. The molecule has 2 saturated heterocycles. The minimum absolute atomic E-state index is 0.0304. The summed E-state index contributed by atoms with van der Waals surface area (Å²) in [5, 5.41) is 2.41. The number of carbonyl (C=O) groups is 1. The molecule has 2 heterocycles. The van der Waals surface area contributed by atoms with Crippen LogP contribution in [-0.2, 0) is 27.5 Å². The highest BCUT2D eigenvalue weighted by Crippen LogP contribution is 2.45. The van der Waals surface area contributed by atoms with Crippen LogP contribution in [0.3, 0.4) is 0 Å². The van der Waals surface area contributed by atoms with Crippen LogP contribution in [0.15, 0.2) is 60.7 Å². The van der Waals surface area contributed by atoms with Gasteiger partial charge in [0.15, 0.2) is 22.7 Å². The molecule has 0 amide bonds. The fourth-order valence-electron chi connectivity index (χ4n) is 5.68. The van der Waals surface area contributed by atoms with Crippen LogP contribution in [0, 0.1) is 0 Å². The predicted octanol–water partition coefficient (Wildman–Crippen LogP) is 6.65. The first-order valence-electron chi connectivity index (χ1n) is 15.8. The van der Waals surface area contributed by atoms with Gasteiger partial charge in [0.1, 0.15) is 18.3 Å². The van der Waals surface area contributed by atoms with Gasteiger partial charge in [-0.3, -0.25) is 4.79 Å². The molecule has 9 heteroatoms. The lowest BCUT2D eigenvalue weighted by molar-refractivity contribution is -0.232. The fraction of sp³-hybridized carbons (Fsp3) is 0.618. The maximum absolute atomic E-state index is 12.7. The molecule has 0 aliphatic carbocycles. The Morgan fingerprint density at radius 1 is 0.744 bits per heavy atom. The molecular formula is C34H54O6Si3.